The summed E-state index contributed by atoms with van der Waals surface area (Å²) in [5.41, 5.74) is 1.66. The lowest BCUT2D eigenvalue weighted by atomic mass is 9.81. The van der Waals surface area contributed by atoms with Gasteiger partial charge in [-0.1, -0.05) is 34.8 Å². The van der Waals surface area contributed by atoms with Crippen molar-refractivity contribution in [3.8, 4) is 11.5 Å². The molecule has 1 saturated carbocycles. The Hall–Kier alpha value is -0.700. The van der Waals surface area contributed by atoms with Crippen LogP contribution >= 0.6 is 15.9 Å². The molecule has 0 aromatic heterocycles. The number of alkyl halides is 1. The number of halogens is 1. The zero-order valence-electron chi connectivity index (χ0n) is 10.5. The molecule has 1 aromatic rings. The predicted molar refractivity (Wildman–Crippen MR) is 73.5 cm³/mol. The summed E-state index contributed by atoms with van der Waals surface area (Å²) in [4.78, 5) is 0. The molecule has 0 bridgehead atoms. The van der Waals surface area contributed by atoms with E-state index in [9.17, 15) is 0 Å². The fraction of sp³-hybridized carbons (Fsp3) is 0.571. The van der Waals surface area contributed by atoms with E-state index in [2.05, 4.69) is 28.1 Å². The van der Waals surface area contributed by atoms with Gasteiger partial charge in [0.15, 0.2) is 11.5 Å². The molecule has 0 aliphatic heterocycles. The average molecular weight is 299 g/mol. The SMILES string of the molecule is COc1ccc(C2(CBr)CCCC2)cc1OC. The second kappa shape index (κ2) is 5.30. The molecule has 0 saturated heterocycles. The van der Waals surface area contributed by atoms with Gasteiger partial charge in [-0.05, 0) is 30.5 Å². The summed E-state index contributed by atoms with van der Waals surface area (Å²) in [6, 6.07) is 6.32. The topological polar surface area (TPSA) is 18.5 Å². The first-order chi connectivity index (χ1) is 8.25. The molecule has 3 heteroatoms. The summed E-state index contributed by atoms with van der Waals surface area (Å²) in [6.07, 6.45) is 5.15. The number of hydrogen-bond donors (Lipinski definition) is 0. The highest BCUT2D eigenvalue weighted by Crippen LogP contribution is 2.44. The van der Waals surface area contributed by atoms with Crippen LogP contribution in [0.1, 0.15) is 31.2 Å². The van der Waals surface area contributed by atoms with E-state index < -0.39 is 0 Å². The molecule has 0 spiro atoms. The first kappa shape index (κ1) is 12.7. The summed E-state index contributed by atoms with van der Waals surface area (Å²) in [7, 11) is 3.37. The first-order valence-corrected chi connectivity index (χ1v) is 7.16. The van der Waals surface area contributed by atoms with Crippen molar-refractivity contribution in [2.45, 2.75) is 31.1 Å². The minimum absolute atomic E-state index is 0.291. The van der Waals surface area contributed by atoms with Crippen molar-refractivity contribution in [2.75, 3.05) is 19.5 Å². The smallest absolute Gasteiger partial charge is 0.161 e. The quantitative estimate of drug-likeness (QED) is 0.785. The third-order valence-corrected chi connectivity index (χ3v) is 4.89. The molecule has 1 aromatic carbocycles. The summed E-state index contributed by atoms with van der Waals surface area (Å²) in [6.45, 7) is 0. The monoisotopic (exact) mass is 298 g/mol. The molecule has 1 aliphatic carbocycles. The van der Waals surface area contributed by atoms with Crippen LogP contribution in [-0.4, -0.2) is 19.5 Å². The Labute approximate surface area is 111 Å². The molecule has 0 atom stereocenters. The van der Waals surface area contributed by atoms with Crippen LogP contribution in [0.15, 0.2) is 18.2 Å². The van der Waals surface area contributed by atoms with Gasteiger partial charge in [-0.2, -0.15) is 0 Å². The molecule has 1 fully saturated rings. The summed E-state index contributed by atoms with van der Waals surface area (Å²) >= 11 is 3.68. The Balaban J connectivity index is 2.38. The van der Waals surface area contributed by atoms with E-state index in [1.165, 1.54) is 31.2 Å². The Morgan fingerprint density at radius 2 is 1.76 bits per heavy atom. The fourth-order valence-electron chi connectivity index (χ4n) is 2.72. The second-order valence-electron chi connectivity index (χ2n) is 4.69. The van der Waals surface area contributed by atoms with Gasteiger partial charge in [0.1, 0.15) is 0 Å². The van der Waals surface area contributed by atoms with Crippen LogP contribution in [-0.2, 0) is 5.41 Å². The Morgan fingerprint density at radius 3 is 2.29 bits per heavy atom. The molecule has 94 valence electrons. The van der Waals surface area contributed by atoms with Crippen molar-refractivity contribution in [3.05, 3.63) is 23.8 Å². The van der Waals surface area contributed by atoms with Crippen LogP contribution in [0.4, 0.5) is 0 Å². The van der Waals surface area contributed by atoms with Gasteiger partial charge in [0.25, 0.3) is 0 Å². The third-order valence-electron chi connectivity index (χ3n) is 3.81. The summed E-state index contributed by atoms with van der Waals surface area (Å²) < 4.78 is 10.7. The van der Waals surface area contributed by atoms with Crippen LogP contribution in [0.5, 0.6) is 11.5 Å². The third kappa shape index (κ3) is 2.30. The molecule has 0 N–H and O–H groups in total. The van der Waals surface area contributed by atoms with Gasteiger partial charge in [-0.15, -0.1) is 0 Å². The molecule has 2 nitrogen and oxygen atoms in total. The van der Waals surface area contributed by atoms with Crippen LogP contribution in [0.2, 0.25) is 0 Å². The molecule has 0 unspecified atom stereocenters. The minimum atomic E-state index is 0.291. The van der Waals surface area contributed by atoms with E-state index in [0.29, 0.717) is 5.41 Å². The van der Waals surface area contributed by atoms with Crippen molar-refractivity contribution in [3.63, 3.8) is 0 Å². The summed E-state index contributed by atoms with van der Waals surface area (Å²) in [5.74, 6) is 1.64. The van der Waals surface area contributed by atoms with Gasteiger partial charge in [0, 0.05) is 10.7 Å². The van der Waals surface area contributed by atoms with Crippen molar-refractivity contribution in [2.24, 2.45) is 0 Å². The Morgan fingerprint density at radius 1 is 1.12 bits per heavy atom. The molecular formula is C14H19BrO2. The van der Waals surface area contributed by atoms with Gasteiger partial charge >= 0.3 is 0 Å². The van der Waals surface area contributed by atoms with Crippen molar-refractivity contribution >= 4 is 15.9 Å². The van der Waals surface area contributed by atoms with Gasteiger partial charge < -0.3 is 9.47 Å². The molecular weight excluding hydrogens is 280 g/mol. The maximum Gasteiger partial charge on any atom is 0.161 e. The molecule has 17 heavy (non-hydrogen) atoms. The van der Waals surface area contributed by atoms with Gasteiger partial charge in [-0.25, -0.2) is 0 Å². The van der Waals surface area contributed by atoms with Crippen LogP contribution in [0.3, 0.4) is 0 Å². The lowest BCUT2D eigenvalue weighted by Gasteiger charge is -2.27. The van der Waals surface area contributed by atoms with E-state index in [-0.39, 0.29) is 0 Å². The minimum Gasteiger partial charge on any atom is -0.493 e. The van der Waals surface area contributed by atoms with Gasteiger partial charge in [0.05, 0.1) is 14.2 Å². The van der Waals surface area contributed by atoms with E-state index in [4.69, 9.17) is 9.47 Å². The van der Waals surface area contributed by atoms with Crippen LogP contribution in [0.25, 0.3) is 0 Å². The molecule has 1 aliphatic rings. The van der Waals surface area contributed by atoms with Crippen molar-refractivity contribution in [1.29, 1.82) is 0 Å². The highest BCUT2D eigenvalue weighted by molar-refractivity contribution is 9.09. The number of ether oxygens (including phenoxy) is 2. The maximum atomic E-state index is 5.39. The zero-order valence-corrected chi connectivity index (χ0v) is 12.0. The fourth-order valence-corrected chi connectivity index (χ4v) is 3.60. The molecule has 0 amide bonds. The van der Waals surface area contributed by atoms with E-state index >= 15 is 0 Å². The molecule has 0 radical (unpaired) electrons. The molecule has 2 rings (SSSR count). The highest BCUT2D eigenvalue weighted by atomic mass is 79.9. The lowest BCUT2D eigenvalue weighted by molar-refractivity contribution is 0.353. The van der Waals surface area contributed by atoms with Gasteiger partial charge in [-0.3, -0.25) is 0 Å². The number of rotatable bonds is 4. The number of benzene rings is 1. The first-order valence-electron chi connectivity index (χ1n) is 6.04. The normalized spacial score (nSPS) is 18.1. The second-order valence-corrected chi connectivity index (χ2v) is 5.25. The van der Waals surface area contributed by atoms with Crippen LogP contribution in [0, 0.1) is 0 Å². The van der Waals surface area contributed by atoms with Gasteiger partial charge in [0.2, 0.25) is 0 Å². The molecule has 0 heterocycles. The van der Waals surface area contributed by atoms with Crippen LogP contribution < -0.4 is 9.47 Å². The average Bonchev–Trinajstić information content (AvgIpc) is 2.88. The largest absolute Gasteiger partial charge is 0.493 e. The Bertz CT molecular complexity index is 384. The highest BCUT2D eigenvalue weighted by Gasteiger charge is 2.35. The number of hydrogen-bond acceptors (Lipinski definition) is 2. The van der Waals surface area contributed by atoms with Crippen molar-refractivity contribution < 1.29 is 9.47 Å². The zero-order chi connectivity index (χ0) is 12.3. The van der Waals surface area contributed by atoms with E-state index in [1.807, 2.05) is 6.07 Å². The summed E-state index contributed by atoms with van der Waals surface area (Å²) in [5, 5.41) is 1.02. The number of methoxy groups -OCH3 is 2. The Kier molecular flexibility index (Phi) is 3.97. The lowest BCUT2D eigenvalue weighted by Crippen LogP contribution is -2.23. The van der Waals surface area contributed by atoms with E-state index in [1.54, 1.807) is 14.2 Å². The van der Waals surface area contributed by atoms with Crippen molar-refractivity contribution in [1.82, 2.24) is 0 Å². The standard InChI is InChI=1S/C14H19BrO2/c1-16-12-6-5-11(9-13(12)17-2)14(10-15)7-3-4-8-14/h5-6,9H,3-4,7-8,10H2,1-2H3. The van der Waals surface area contributed by atoms with E-state index in [0.717, 1.165) is 16.8 Å². The predicted octanol–water partition coefficient (Wildman–Crippen LogP) is 3.91. The maximum absolute atomic E-state index is 5.39.